The van der Waals surface area contributed by atoms with E-state index in [0.717, 1.165) is 4.90 Å². The summed E-state index contributed by atoms with van der Waals surface area (Å²) in [6.07, 6.45) is 0.621. The molecule has 9 heteroatoms. The van der Waals surface area contributed by atoms with Gasteiger partial charge in [-0.3, -0.25) is 14.5 Å². The maximum Gasteiger partial charge on any atom is 0.325 e. The Morgan fingerprint density at radius 3 is 2.57 bits per heavy atom. The van der Waals surface area contributed by atoms with E-state index in [4.69, 9.17) is 4.42 Å². The van der Waals surface area contributed by atoms with Crippen LogP contribution in [0.4, 0.5) is 4.79 Å². The van der Waals surface area contributed by atoms with Gasteiger partial charge in [0.2, 0.25) is 17.7 Å². The summed E-state index contributed by atoms with van der Waals surface area (Å²) in [5.74, 6) is 0.0801. The van der Waals surface area contributed by atoms with Gasteiger partial charge in [0.1, 0.15) is 6.54 Å². The average molecular weight is 295 g/mol. The largest absolute Gasteiger partial charge is 0.423 e. The molecule has 1 aromatic rings. The first kappa shape index (κ1) is 14.9. The molecule has 0 radical (unpaired) electrons. The predicted octanol–water partition coefficient (Wildman–Crippen LogP) is -0.468. The van der Waals surface area contributed by atoms with Gasteiger partial charge in [-0.1, -0.05) is 6.92 Å². The Morgan fingerprint density at radius 1 is 1.33 bits per heavy atom. The van der Waals surface area contributed by atoms with Crippen molar-refractivity contribution in [3.63, 3.8) is 0 Å². The molecule has 114 valence electrons. The predicted molar refractivity (Wildman–Crippen MR) is 69.9 cm³/mol. The number of hydrogen-bond donors (Lipinski definition) is 1. The molecule has 0 atom stereocenters. The van der Waals surface area contributed by atoms with Crippen molar-refractivity contribution < 1.29 is 18.8 Å². The molecule has 2 rings (SSSR count). The number of urea groups is 1. The van der Waals surface area contributed by atoms with E-state index >= 15 is 0 Å². The summed E-state index contributed by atoms with van der Waals surface area (Å²) in [5, 5.41) is 10.0. The van der Waals surface area contributed by atoms with E-state index in [0.29, 0.717) is 24.7 Å². The van der Waals surface area contributed by atoms with Crippen LogP contribution < -0.4 is 5.32 Å². The zero-order valence-electron chi connectivity index (χ0n) is 12.0. The molecule has 0 spiro atoms. The van der Waals surface area contributed by atoms with Crippen LogP contribution in [0.25, 0.3) is 0 Å². The van der Waals surface area contributed by atoms with Crippen LogP contribution in [0.5, 0.6) is 0 Å². The third kappa shape index (κ3) is 3.36. The third-order valence-corrected chi connectivity index (χ3v) is 3.10. The summed E-state index contributed by atoms with van der Waals surface area (Å²) in [7, 11) is 0. The minimum absolute atomic E-state index is 0.0677. The monoisotopic (exact) mass is 295 g/mol. The van der Waals surface area contributed by atoms with Crippen molar-refractivity contribution in [3.05, 3.63) is 11.8 Å². The number of hydrogen-bond acceptors (Lipinski definition) is 6. The summed E-state index contributed by atoms with van der Waals surface area (Å²) in [5.41, 5.74) is 0. The van der Waals surface area contributed by atoms with E-state index in [-0.39, 0.29) is 25.5 Å². The molecular formula is C12H17N5O4. The van der Waals surface area contributed by atoms with E-state index in [1.165, 1.54) is 4.90 Å². The highest BCUT2D eigenvalue weighted by molar-refractivity contribution is 6.04. The molecule has 0 aliphatic carbocycles. The number of carbonyl (C=O) groups excluding carboxylic acids is 3. The van der Waals surface area contributed by atoms with E-state index in [1.807, 2.05) is 6.92 Å². The molecule has 4 amide bonds. The SMILES string of the molecule is CCc1nnc(CN(CC)C(=O)CN2C(=O)CNC2=O)o1. The molecule has 1 N–H and O–H groups in total. The van der Waals surface area contributed by atoms with E-state index in [2.05, 4.69) is 15.5 Å². The highest BCUT2D eigenvalue weighted by Gasteiger charge is 2.31. The van der Waals surface area contributed by atoms with Gasteiger partial charge in [0, 0.05) is 13.0 Å². The van der Waals surface area contributed by atoms with Gasteiger partial charge in [-0.2, -0.15) is 0 Å². The summed E-state index contributed by atoms with van der Waals surface area (Å²) < 4.78 is 5.35. The quantitative estimate of drug-likeness (QED) is 0.711. The number of imide groups is 1. The number of rotatable bonds is 6. The topological polar surface area (TPSA) is 109 Å². The van der Waals surface area contributed by atoms with Crippen LogP contribution in [-0.2, 0) is 22.6 Å². The Bertz CT molecular complexity index is 540. The molecule has 1 aliphatic heterocycles. The number of likely N-dealkylation sites (N-methyl/N-ethyl adjacent to an activating group) is 1. The van der Waals surface area contributed by atoms with Crippen molar-refractivity contribution in [2.45, 2.75) is 26.8 Å². The summed E-state index contributed by atoms with van der Waals surface area (Å²) in [4.78, 5) is 37.4. The van der Waals surface area contributed by atoms with Crippen LogP contribution in [0, 0.1) is 0 Å². The van der Waals surface area contributed by atoms with Crippen LogP contribution in [0.1, 0.15) is 25.6 Å². The third-order valence-electron chi connectivity index (χ3n) is 3.10. The Balaban J connectivity index is 1.98. The van der Waals surface area contributed by atoms with Crippen molar-refractivity contribution in [1.29, 1.82) is 0 Å². The molecule has 21 heavy (non-hydrogen) atoms. The zero-order valence-corrected chi connectivity index (χ0v) is 12.0. The number of nitrogens with zero attached hydrogens (tertiary/aromatic N) is 4. The lowest BCUT2D eigenvalue weighted by Crippen LogP contribution is -2.42. The molecule has 9 nitrogen and oxygen atoms in total. The fraction of sp³-hybridized carbons (Fsp3) is 0.583. The molecule has 2 heterocycles. The molecule has 0 unspecified atom stereocenters. The van der Waals surface area contributed by atoms with E-state index in [9.17, 15) is 14.4 Å². The maximum atomic E-state index is 12.2. The van der Waals surface area contributed by atoms with Gasteiger partial charge in [-0.15, -0.1) is 10.2 Å². The second-order valence-corrected chi connectivity index (χ2v) is 4.49. The number of carbonyl (C=O) groups is 3. The summed E-state index contributed by atoms with van der Waals surface area (Å²) in [6.45, 7) is 3.89. The summed E-state index contributed by atoms with van der Waals surface area (Å²) in [6, 6.07) is -0.546. The van der Waals surface area contributed by atoms with Gasteiger partial charge in [0.15, 0.2) is 0 Å². The van der Waals surface area contributed by atoms with Crippen molar-refractivity contribution in [3.8, 4) is 0 Å². The van der Waals surface area contributed by atoms with Gasteiger partial charge in [-0.05, 0) is 6.92 Å². The van der Waals surface area contributed by atoms with Crippen molar-refractivity contribution in [2.75, 3.05) is 19.6 Å². The number of aromatic nitrogens is 2. The minimum atomic E-state index is -0.546. The molecule has 0 saturated carbocycles. The lowest BCUT2D eigenvalue weighted by molar-refractivity contribution is -0.137. The van der Waals surface area contributed by atoms with Gasteiger partial charge in [0.25, 0.3) is 5.91 Å². The van der Waals surface area contributed by atoms with Crippen LogP contribution in [0.3, 0.4) is 0 Å². The van der Waals surface area contributed by atoms with Crippen molar-refractivity contribution in [2.24, 2.45) is 0 Å². The van der Waals surface area contributed by atoms with Gasteiger partial charge in [-0.25, -0.2) is 4.79 Å². The van der Waals surface area contributed by atoms with Crippen molar-refractivity contribution >= 4 is 17.8 Å². The van der Waals surface area contributed by atoms with Crippen LogP contribution >= 0.6 is 0 Å². The first-order chi connectivity index (χ1) is 10.0. The van der Waals surface area contributed by atoms with Gasteiger partial charge in [0.05, 0.1) is 13.1 Å². The Morgan fingerprint density at radius 2 is 2.05 bits per heavy atom. The van der Waals surface area contributed by atoms with Gasteiger partial charge < -0.3 is 14.6 Å². The smallest absolute Gasteiger partial charge is 0.325 e. The zero-order chi connectivity index (χ0) is 15.4. The minimum Gasteiger partial charge on any atom is -0.423 e. The van der Waals surface area contributed by atoms with Crippen LogP contribution in [-0.4, -0.2) is 57.5 Å². The lowest BCUT2D eigenvalue weighted by atomic mass is 10.4. The second-order valence-electron chi connectivity index (χ2n) is 4.49. The molecule has 1 aliphatic rings. The number of aryl methyl sites for hydroxylation is 1. The van der Waals surface area contributed by atoms with E-state index < -0.39 is 11.9 Å². The average Bonchev–Trinajstić information content (AvgIpc) is 3.06. The molecular weight excluding hydrogens is 278 g/mol. The van der Waals surface area contributed by atoms with Crippen LogP contribution in [0.2, 0.25) is 0 Å². The normalized spacial score (nSPS) is 14.5. The molecule has 0 bridgehead atoms. The molecule has 1 aromatic heterocycles. The Kier molecular flexibility index (Phi) is 4.51. The molecule has 0 aromatic carbocycles. The number of nitrogens with one attached hydrogen (secondary N) is 1. The lowest BCUT2D eigenvalue weighted by Gasteiger charge is -2.21. The number of amides is 4. The van der Waals surface area contributed by atoms with Gasteiger partial charge >= 0.3 is 6.03 Å². The highest BCUT2D eigenvalue weighted by atomic mass is 16.4. The summed E-state index contributed by atoms with van der Waals surface area (Å²) >= 11 is 0. The Hall–Kier alpha value is -2.45. The Labute approximate surface area is 121 Å². The molecule has 1 fully saturated rings. The van der Waals surface area contributed by atoms with Crippen LogP contribution in [0.15, 0.2) is 4.42 Å². The second kappa shape index (κ2) is 6.33. The van der Waals surface area contributed by atoms with Crippen molar-refractivity contribution in [1.82, 2.24) is 25.3 Å². The first-order valence-electron chi connectivity index (χ1n) is 6.72. The fourth-order valence-corrected chi connectivity index (χ4v) is 1.89. The highest BCUT2D eigenvalue weighted by Crippen LogP contribution is 2.07. The fourth-order valence-electron chi connectivity index (χ4n) is 1.89. The molecule has 1 saturated heterocycles. The maximum absolute atomic E-state index is 12.2. The first-order valence-corrected chi connectivity index (χ1v) is 6.72. The van der Waals surface area contributed by atoms with E-state index in [1.54, 1.807) is 6.92 Å². The standard InChI is InChI=1S/C12H17N5O4/c1-3-8-14-15-9(21-8)6-16(4-2)11(19)7-17-10(18)5-13-12(17)20/h3-7H2,1-2H3,(H,13,20).